The van der Waals surface area contributed by atoms with Crippen molar-refractivity contribution < 1.29 is 22.4 Å². The Morgan fingerprint density at radius 3 is 2.38 bits per heavy atom. The summed E-state index contributed by atoms with van der Waals surface area (Å²) < 4.78 is 48.6. The van der Waals surface area contributed by atoms with Gasteiger partial charge in [0.15, 0.2) is 23.0 Å². The van der Waals surface area contributed by atoms with Gasteiger partial charge in [-0.05, 0) is 50.6 Å². The van der Waals surface area contributed by atoms with Crippen molar-refractivity contribution in [3.05, 3.63) is 57.5 Å². The summed E-state index contributed by atoms with van der Waals surface area (Å²) in [5, 5.41) is 1.94. The SMILES string of the molecule is Cc1c(F)c(N)c2c(=O)c(F)c(-c3ccc(NC(=O)C(N)CCCCN)cc3)oc2c1F. The molecule has 32 heavy (non-hydrogen) atoms. The average Bonchev–Trinajstić information content (AvgIpc) is 2.78. The molecule has 1 amide bonds. The van der Waals surface area contributed by atoms with Gasteiger partial charge in [-0.3, -0.25) is 9.59 Å². The smallest absolute Gasteiger partial charge is 0.241 e. The number of hydrogen-bond acceptors (Lipinski definition) is 6. The van der Waals surface area contributed by atoms with Crippen LogP contribution in [0.4, 0.5) is 24.5 Å². The average molecular weight is 448 g/mol. The van der Waals surface area contributed by atoms with Crippen molar-refractivity contribution in [3.63, 3.8) is 0 Å². The number of nitrogen functional groups attached to an aromatic ring is 1. The lowest BCUT2D eigenvalue weighted by atomic mass is 10.1. The fourth-order valence-corrected chi connectivity index (χ4v) is 3.26. The topological polar surface area (TPSA) is 137 Å². The molecule has 0 fully saturated rings. The predicted molar refractivity (Wildman–Crippen MR) is 116 cm³/mol. The standard InChI is InChI=1S/C22H23F3N4O3/c1-10-15(23)18(28)14-19(30)17(25)20(32-21(14)16(10)24)11-5-7-12(8-6-11)29-22(31)13(27)4-2-3-9-26/h5-8,13H,2-4,9,26-28H2,1H3,(H,29,31). The van der Waals surface area contributed by atoms with Gasteiger partial charge in [0.05, 0.1) is 17.1 Å². The van der Waals surface area contributed by atoms with Gasteiger partial charge in [-0.1, -0.05) is 6.42 Å². The largest absolute Gasteiger partial charge is 0.450 e. The lowest BCUT2D eigenvalue weighted by Crippen LogP contribution is -2.35. The van der Waals surface area contributed by atoms with E-state index in [2.05, 4.69) is 5.32 Å². The van der Waals surface area contributed by atoms with Crippen LogP contribution in [-0.2, 0) is 4.79 Å². The van der Waals surface area contributed by atoms with E-state index in [9.17, 15) is 22.8 Å². The zero-order valence-corrected chi connectivity index (χ0v) is 17.3. The van der Waals surface area contributed by atoms with Gasteiger partial charge in [-0.25, -0.2) is 8.78 Å². The first-order chi connectivity index (χ1) is 15.2. The van der Waals surface area contributed by atoms with Crippen molar-refractivity contribution in [3.8, 4) is 11.3 Å². The van der Waals surface area contributed by atoms with Crippen molar-refractivity contribution in [1.82, 2.24) is 0 Å². The van der Waals surface area contributed by atoms with Gasteiger partial charge < -0.3 is 26.9 Å². The second kappa shape index (κ2) is 9.41. The van der Waals surface area contributed by atoms with Crippen molar-refractivity contribution in [1.29, 1.82) is 0 Å². The monoisotopic (exact) mass is 448 g/mol. The van der Waals surface area contributed by atoms with Gasteiger partial charge in [0.2, 0.25) is 17.2 Å². The van der Waals surface area contributed by atoms with Gasteiger partial charge in [0.1, 0.15) is 0 Å². The van der Waals surface area contributed by atoms with Crippen LogP contribution in [0.5, 0.6) is 0 Å². The number of rotatable bonds is 7. The van der Waals surface area contributed by atoms with E-state index >= 15 is 0 Å². The maximum atomic E-state index is 14.7. The Balaban J connectivity index is 1.92. The summed E-state index contributed by atoms with van der Waals surface area (Å²) in [5.74, 6) is -4.56. The third-order valence-electron chi connectivity index (χ3n) is 5.14. The molecule has 3 rings (SSSR count). The van der Waals surface area contributed by atoms with Crippen LogP contribution in [0.3, 0.4) is 0 Å². The molecule has 0 radical (unpaired) electrons. The fourth-order valence-electron chi connectivity index (χ4n) is 3.26. The molecule has 3 aromatic rings. The quantitative estimate of drug-likeness (QED) is 0.324. The minimum absolute atomic E-state index is 0.103. The molecule has 0 saturated carbocycles. The minimum atomic E-state index is -1.34. The second-order valence-electron chi connectivity index (χ2n) is 7.40. The zero-order chi connectivity index (χ0) is 23.6. The Morgan fingerprint density at radius 2 is 1.75 bits per heavy atom. The van der Waals surface area contributed by atoms with Gasteiger partial charge in [-0.15, -0.1) is 0 Å². The van der Waals surface area contributed by atoms with Crippen LogP contribution in [0, 0.1) is 24.4 Å². The first kappa shape index (κ1) is 23.3. The van der Waals surface area contributed by atoms with E-state index < -0.39 is 62.8 Å². The fraction of sp³-hybridized carbons (Fsp3) is 0.273. The lowest BCUT2D eigenvalue weighted by Gasteiger charge is -2.13. The van der Waals surface area contributed by atoms with Gasteiger partial charge in [-0.2, -0.15) is 4.39 Å². The van der Waals surface area contributed by atoms with Crippen molar-refractivity contribution in [2.75, 3.05) is 17.6 Å². The molecule has 0 spiro atoms. The van der Waals surface area contributed by atoms with E-state index in [-0.39, 0.29) is 5.56 Å². The highest BCUT2D eigenvalue weighted by Gasteiger charge is 2.24. The normalized spacial score (nSPS) is 12.2. The third-order valence-corrected chi connectivity index (χ3v) is 5.14. The second-order valence-corrected chi connectivity index (χ2v) is 7.40. The molecular formula is C22H23F3N4O3. The Hall–Kier alpha value is -3.37. The number of nitrogens with one attached hydrogen (secondary N) is 1. The number of anilines is 2. The summed E-state index contributed by atoms with van der Waals surface area (Å²) in [6.45, 7) is 1.64. The number of nitrogens with two attached hydrogens (primary N) is 3. The number of fused-ring (bicyclic) bond motifs is 1. The van der Waals surface area contributed by atoms with Crippen LogP contribution in [0.25, 0.3) is 22.3 Å². The van der Waals surface area contributed by atoms with E-state index in [0.29, 0.717) is 18.7 Å². The van der Waals surface area contributed by atoms with E-state index in [1.54, 1.807) is 0 Å². The molecule has 1 unspecified atom stereocenters. The predicted octanol–water partition coefficient (Wildman–Crippen LogP) is 3.16. The van der Waals surface area contributed by atoms with E-state index in [0.717, 1.165) is 19.8 Å². The molecule has 1 heterocycles. The van der Waals surface area contributed by atoms with Crippen LogP contribution >= 0.6 is 0 Å². The van der Waals surface area contributed by atoms with Gasteiger partial charge in [0, 0.05) is 16.8 Å². The van der Waals surface area contributed by atoms with Crippen LogP contribution in [-0.4, -0.2) is 18.5 Å². The van der Waals surface area contributed by atoms with E-state index in [1.165, 1.54) is 24.3 Å². The molecule has 7 nitrogen and oxygen atoms in total. The van der Waals surface area contributed by atoms with Crippen LogP contribution in [0.1, 0.15) is 24.8 Å². The summed E-state index contributed by atoms with van der Waals surface area (Å²) in [5.41, 5.74) is 14.2. The van der Waals surface area contributed by atoms with Gasteiger partial charge in [0.25, 0.3) is 0 Å². The summed E-state index contributed by atoms with van der Waals surface area (Å²) in [4.78, 5) is 24.6. The molecule has 7 N–H and O–H groups in total. The Morgan fingerprint density at radius 1 is 1.09 bits per heavy atom. The third kappa shape index (κ3) is 4.32. The molecule has 0 saturated heterocycles. The number of carbonyl (C=O) groups is 1. The van der Waals surface area contributed by atoms with Crippen LogP contribution in [0.15, 0.2) is 33.5 Å². The number of benzene rings is 2. The first-order valence-electron chi connectivity index (χ1n) is 9.93. The summed E-state index contributed by atoms with van der Waals surface area (Å²) in [7, 11) is 0. The maximum absolute atomic E-state index is 14.7. The number of carbonyl (C=O) groups excluding carboxylic acids is 1. The van der Waals surface area contributed by atoms with Crippen LogP contribution in [0.2, 0.25) is 0 Å². The Labute approximate surface area is 181 Å². The van der Waals surface area contributed by atoms with Crippen molar-refractivity contribution in [2.24, 2.45) is 11.5 Å². The Kier molecular flexibility index (Phi) is 6.85. The lowest BCUT2D eigenvalue weighted by molar-refractivity contribution is -0.117. The first-order valence-corrected chi connectivity index (χ1v) is 9.93. The number of halogens is 3. The molecule has 170 valence electrons. The van der Waals surface area contributed by atoms with Crippen LogP contribution < -0.4 is 27.9 Å². The van der Waals surface area contributed by atoms with Gasteiger partial charge >= 0.3 is 0 Å². The molecule has 2 aromatic carbocycles. The van der Waals surface area contributed by atoms with E-state index in [4.69, 9.17) is 21.6 Å². The molecule has 0 bridgehead atoms. The number of amides is 1. The summed E-state index contributed by atoms with van der Waals surface area (Å²) >= 11 is 0. The minimum Gasteiger partial charge on any atom is -0.450 e. The van der Waals surface area contributed by atoms with E-state index in [1.807, 2.05) is 0 Å². The summed E-state index contributed by atoms with van der Waals surface area (Å²) in [6, 6.07) is 4.93. The molecule has 1 atom stereocenters. The molecule has 0 aliphatic carbocycles. The summed E-state index contributed by atoms with van der Waals surface area (Å²) in [6.07, 6.45) is 1.95. The van der Waals surface area contributed by atoms with Crippen molar-refractivity contribution >= 4 is 28.3 Å². The molecule has 1 aromatic heterocycles. The highest BCUT2D eigenvalue weighted by atomic mass is 19.1. The molecule has 0 aliphatic heterocycles. The van der Waals surface area contributed by atoms with Crippen molar-refractivity contribution in [2.45, 2.75) is 32.2 Å². The maximum Gasteiger partial charge on any atom is 0.241 e. The highest BCUT2D eigenvalue weighted by molar-refractivity contribution is 5.95. The highest BCUT2D eigenvalue weighted by Crippen LogP contribution is 2.32. The molecular weight excluding hydrogens is 425 g/mol. The number of unbranched alkanes of at least 4 members (excludes halogenated alkanes) is 1. The molecule has 0 aliphatic rings. The zero-order valence-electron chi connectivity index (χ0n) is 17.3. The number of hydrogen-bond donors (Lipinski definition) is 4. The molecule has 10 heteroatoms. The Bertz CT molecular complexity index is 1230.